The summed E-state index contributed by atoms with van der Waals surface area (Å²) in [6.07, 6.45) is 2.46. The summed E-state index contributed by atoms with van der Waals surface area (Å²) in [4.78, 5) is 26.5. The molecule has 0 radical (unpaired) electrons. The summed E-state index contributed by atoms with van der Waals surface area (Å²) >= 11 is 0. The molecule has 1 aromatic rings. The van der Waals surface area contributed by atoms with E-state index in [-0.39, 0.29) is 23.9 Å². The molecule has 6 heteroatoms. The number of ketones is 1. The number of hydrogen-bond donors (Lipinski definition) is 0. The van der Waals surface area contributed by atoms with Crippen LogP contribution >= 0.6 is 0 Å². The zero-order chi connectivity index (χ0) is 17.2. The van der Waals surface area contributed by atoms with Gasteiger partial charge in [0.25, 0.3) is 0 Å². The fourth-order valence-electron chi connectivity index (χ4n) is 2.84. The van der Waals surface area contributed by atoms with Gasteiger partial charge in [-0.25, -0.2) is 8.42 Å². The molecule has 1 unspecified atom stereocenters. The molecule has 0 N–H and O–H groups in total. The molecule has 1 heterocycles. The van der Waals surface area contributed by atoms with Crippen LogP contribution in [0.4, 0.5) is 0 Å². The molecule has 1 aliphatic heterocycles. The Morgan fingerprint density at radius 2 is 1.91 bits per heavy atom. The van der Waals surface area contributed by atoms with Gasteiger partial charge in [-0.3, -0.25) is 9.59 Å². The van der Waals surface area contributed by atoms with E-state index in [2.05, 4.69) is 0 Å². The van der Waals surface area contributed by atoms with Crippen molar-refractivity contribution in [1.82, 2.24) is 4.90 Å². The number of rotatable bonds is 5. The van der Waals surface area contributed by atoms with Crippen molar-refractivity contribution in [3.63, 3.8) is 0 Å². The van der Waals surface area contributed by atoms with Crippen LogP contribution in [0.25, 0.3) is 0 Å². The molecule has 0 aromatic heterocycles. The summed E-state index contributed by atoms with van der Waals surface area (Å²) in [7, 11) is -3.18. The third-order valence-corrected chi connectivity index (χ3v) is 5.30. The number of benzene rings is 1. The minimum atomic E-state index is -3.18. The Balaban J connectivity index is 2.12. The summed E-state index contributed by atoms with van der Waals surface area (Å²) in [5.41, 5.74) is 2.78. The number of aryl methyl sites for hydroxylation is 2. The molecule has 23 heavy (non-hydrogen) atoms. The molecule has 2 rings (SSSR count). The first-order valence-corrected chi connectivity index (χ1v) is 9.84. The highest BCUT2D eigenvalue weighted by Gasteiger charge is 2.34. The molecule has 0 bridgehead atoms. The number of carbonyl (C=O) groups excluding carboxylic acids is 2. The molecule has 1 amide bonds. The van der Waals surface area contributed by atoms with Crippen LogP contribution < -0.4 is 0 Å². The standard InChI is InChI=1S/C17H23NO4S/c1-12-6-7-14(11-13(12)2)17(20)15-5-4-9-18(15)16(19)8-10-23(3,21)22/h6-7,11,15H,4-5,8-10H2,1-3H3. The Morgan fingerprint density at radius 3 is 2.52 bits per heavy atom. The highest BCUT2D eigenvalue weighted by atomic mass is 32.2. The summed E-state index contributed by atoms with van der Waals surface area (Å²) < 4.78 is 22.4. The van der Waals surface area contributed by atoms with Crippen molar-refractivity contribution >= 4 is 21.5 Å². The maximum absolute atomic E-state index is 12.7. The van der Waals surface area contributed by atoms with Crippen LogP contribution in [-0.4, -0.2) is 49.6 Å². The van der Waals surface area contributed by atoms with Crippen molar-refractivity contribution in [2.45, 2.75) is 39.2 Å². The molecule has 126 valence electrons. The first-order chi connectivity index (χ1) is 10.7. The van der Waals surface area contributed by atoms with Gasteiger partial charge in [0.1, 0.15) is 9.84 Å². The predicted octanol–water partition coefficient (Wildman–Crippen LogP) is 1.91. The van der Waals surface area contributed by atoms with E-state index in [1.54, 1.807) is 11.0 Å². The van der Waals surface area contributed by atoms with Crippen molar-refractivity contribution in [1.29, 1.82) is 0 Å². The van der Waals surface area contributed by atoms with Gasteiger partial charge in [-0.2, -0.15) is 0 Å². The second-order valence-corrected chi connectivity index (χ2v) is 8.55. The summed E-state index contributed by atoms with van der Waals surface area (Å²) in [5, 5.41) is 0. The minimum Gasteiger partial charge on any atom is -0.332 e. The largest absolute Gasteiger partial charge is 0.332 e. The molecule has 0 aliphatic carbocycles. The Morgan fingerprint density at radius 1 is 1.22 bits per heavy atom. The van der Waals surface area contributed by atoms with E-state index in [0.29, 0.717) is 18.5 Å². The lowest BCUT2D eigenvalue weighted by Crippen LogP contribution is -2.41. The van der Waals surface area contributed by atoms with Gasteiger partial charge in [-0.15, -0.1) is 0 Å². The molecule has 1 aliphatic rings. The van der Waals surface area contributed by atoms with E-state index in [4.69, 9.17) is 0 Å². The summed E-state index contributed by atoms with van der Waals surface area (Å²) in [5.74, 6) is -0.485. The van der Waals surface area contributed by atoms with Gasteiger partial charge in [0, 0.05) is 24.8 Å². The summed E-state index contributed by atoms with van der Waals surface area (Å²) in [6, 6.07) is 5.09. The monoisotopic (exact) mass is 337 g/mol. The van der Waals surface area contributed by atoms with Crippen molar-refractivity contribution in [2.24, 2.45) is 0 Å². The normalized spacial score (nSPS) is 18.2. The second kappa shape index (κ2) is 6.83. The number of sulfone groups is 1. The second-order valence-electron chi connectivity index (χ2n) is 6.29. The van der Waals surface area contributed by atoms with E-state index in [0.717, 1.165) is 23.8 Å². The van der Waals surface area contributed by atoms with Gasteiger partial charge in [-0.05, 0) is 43.9 Å². The Bertz CT molecular complexity index is 724. The number of hydrogen-bond acceptors (Lipinski definition) is 4. The van der Waals surface area contributed by atoms with Crippen LogP contribution in [0.3, 0.4) is 0 Å². The minimum absolute atomic E-state index is 0.0571. The van der Waals surface area contributed by atoms with Crippen LogP contribution in [0, 0.1) is 13.8 Å². The Hall–Kier alpha value is -1.69. The highest BCUT2D eigenvalue weighted by molar-refractivity contribution is 7.90. The van der Waals surface area contributed by atoms with Crippen molar-refractivity contribution in [3.05, 3.63) is 34.9 Å². The highest BCUT2D eigenvalue weighted by Crippen LogP contribution is 2.23. The van der Waals surface area contributed by atoms with Crippen molar-refractivity contribution in [3.8, 4) is 0 Å². The lowest BCUT2D eigenvalue weighted by Gasteiger charge is -2.24. The number of carbonyl (C=O) groups is 2. The predicted molar refractivity (Wildman–Crippen MR) is 89.3 cm³/mol. The number of amides is 1. The van der Waals surface area contributed by atoms with Gasteiger partial charge in [0.05, 0.1) is 11.8 Å². The van der Waals surface area contributed by atoms with E-state index in [1.807, 2.05) is 26.0 Å². The average molecular weight is 337 g/mol. The Labute approximate surface area is 137 Å². The van der Waals surface area contributed by atoms with E-state index in [9.17, 15) is 18.0 Å². The fourth-order valence-corrected chi connectivity index (χ4v) is 3.39. The van der Waals surface area contributed by atoms with Crippen LogP contribution in [-0.2, 0) is 14.6 Å². The van der Waals surface area contributed by atoms with Gasteiger partial charge in [-0.1, -0.05) is 12.1 Å². The topological polar surface area (TPSA) is 71.5 Å². The number of likely N-dealkylation sites (tertiary alicyclic amines) is 1. The third-order valence-electron chi connectivity index (χ3n) is 4.35. The van der Waals surface area contributed by atoms with Gasteiger partial charge in [0.2, 0.25) is 5.91 Å². The van der Waals surface area contributed by atoms with E-state index in [1.165, 1.54) is 0 Å². The fraction of sp³-hybridized carbons (Fsp3) is 0.529. The maximum atomic E-state index is 12.7. The maximum Gasteiger partial charge on any atom is 0.224 e. The van der Waals surface area contributed by atoms with Crippen LogP contribution in [0.2, 0.25) is 0 Å². The lowest BCUT2D eigenvalue weighted by atomic mass is 9.98. The lowest BCUT2D eigenvalue weighted by molar-refractivity contribution is -0.130. The van der Waals surface area contributed by atoms with Crippen LogP contribution in [0.15, 0.2) is 18.2 Å². The molecule has 5 nitrogen and oxygen atoms in total. The molecule has 1 aromatic carbocycles. The molecule has 1 fully saturated rings. The average Bonchev–Trinajstić information content (AvgIpc) is 2.95. The quantitative estimate of drug-likeness (QED) is 0.770. The third kappa shape index (κ3) is 4.41. The number of Topliss-reactive ketones (excluding diaryl/α,β-unsaturated/α-hetero) is 1. The molecule has 1 saturated heterocycles. The van der Waals surface area contributed by atoms with Crippen LogP contribution in [0.5, 0.6) is 0 Å². The SMILES string of the molecule is Cc1ccc(C(=O)C2CCCN2C(=O)CCS(C)(=O)=O)cc1C. The first-order valence-electron chi connectivity index (χ1n) is 7.78. The van der Waals surface area contributed by atoms with Gasteiger partial charge < -0.3 is 4.90 Å². The first kappa shape index (κ1) is 17.7. The molecule has 1 atom stereocenters. The smallest absolute Gasteiger partial charge is 0.224 e. The van der Waals surface area contributed by atoms with E-state index < -0.39 is 15.9 Å². The van der Waals surface area contributed by atoms with E-state index >= 15 is 0 Å². The van der Waals surface area contributed by atoms with Crippen molar-refractivity contribution < 1.29 is 18.0 Å². The van der Waals surface area contributed by atoms with Gasteiger partial charge in [0.15, 0.2) is 5.78 Å². The molecule has 0 spiro atoms. The molecular formula is C17H23NO4S. The summed E-state index contributed by atoms with van der Waals surface area (Å²) in [6.45, 7) is 4.46. The van der Waals surface area contributed by atoms with Gasteiger partial charge >= 0.3 is 0 Å². The van der Waals surface area contributed by atoms with Crippen molar-refractivity contribution in [2.75, 3.05) is 18.6 Å². The zero-order valence-corrected chi connectivity index (χ0v) is 14.6. The molecular weight excluding hydrogens is 314 g/mol. The zero-order valence-electron chi connectivity index (χ0n) is 13.8. The molecule has 0 saturated carbocycles. The van der Waals surface area contributed by atoms with Crippen LogP contribution in [0.1, 0.15) is 40.7 Å². The number of nitrogens with zero attached hydrogens (tertiary/aromatic N) is 1. The Kier molecular flexibility index (Phi) is 5.24.